The van der Waals surface area contributed by atoms with Crippen molar-refractivity contribution in [3.8, 4) is 5.75 Å². The summed E-state index contributed by atoms with van der Waals surface area (Å²) in [6.07, 6.45) is 0. The summed E-state index contributed by atoms with van der Waals surface area (Å²) in [4.78, 5) is 12.9. The number of azo groups is 1. The van der Waals surface area contributed by atoms with Crippen molar-refractivity contribution in [3.05, 3.63) is 48.5 Å². The first-order valence-electron chi connectivity index (χ1n) is 7.98. The summed E-state index contributed by atoms with van der Waals surface area (Å²) in [6.45, 7) is 1.69. The molecule has 0 radical (unpaired) electrons. The van der Waals surface area contributed by atoms with Crippen molar-refractivity contribution in [2.45, 2.75) is 17.9 Å². The Bertz CT molecular complexity index is 1050. The molecule has 1 aliphatic rings. The molecule has 0 bridgehead atoms. The van der Waals surface area contributed by atoms with Gasteiger partial charge >= 0.3 is 9.15 Å². The van der Waals surface area contributed by atoms with Gasteiger partial charge in [0.25, 0.3) is 5.91 Å². The molecular weight excluding hydrogens is 404 g/mol. The molecule has 0 saturated heterocycles. The van der Waals surface area contributed by atoms with E-state index in [1.807, 2.05) is 6.07 Å². The van der Waals surface area contributed by atoms with Gasteiger partial charge in [0.1, 0.15) is 11.4 Å². The lowest BCUT2D eigenvalue weighted by Crippen LogP contribution is -2.29. The number of hydrazone groups is 1. The standard InChI is InChI=1S/C17H16N4O5S2/c1-11-16(17(22)21(20-11)12-6-4-3-5-7-12)19-18-14-9-8-13(10-15(14)26-2)27-28(23,24)25/h3-10,16H,1-2H3,(H,23,24,25). The molecule has 146 valence electrons. The minimum atomic E-state index is -4.25. The van der Waals surface area contributed by atoms with Crippen LogP contribution in [0.1, 0.15) is 6.92 Å². The fourth-order valence-electron chi connectivity index (χ4n) is 2.48. The highest BCUT2D eigenvalue weighted by Gasteiger charge is 2.34. The fraction of sp³-hybridized carbons (Fsp3) is 0.176. The van der Waals surface area contributed by atoms with Crippen molar-refractivity contribution in [2.24, 2.45) is 15.3 Å². The predicted molar refractivity (Wildman–Crippen MR) is 106 cm³/mol. The van der Waals surface area contributed by atoms with Crippen LogP contribution in [0.3, 0.4) is 0 Å². The van der Waals surface area contributed by atoms with E-state index in [0.717, 1.165) is 0 Å². The van der Waals surface area contributed by atoms with Crippen LogP contribution in [0.5, 0.6) is 5.75 Å². The molecule has 1 amide bonds. The first-order chi connectivity index (χ1) is 13.3. The van der Waals surface area contributed by atoms with Crippen LogP contribution in [0.2, 0.25) is 0 Å². The molecule has 11 heteroatoms. The number of hydrogen-bond acceptors (Lipinski definition) is 8. The fourth-order valence-corrected chi connectivity index (χ4v) is 4.04. The Kier molecular flexibility index (Phi) is 5.77. The third-order valence-electron chi connectivity index (χ3n) is 3.73. The highest BCUT2D eigenvalue weighted by atomic mass is 33.1. The minimum absolute atomic E-state index is 0.248. The van der Waals surface area contributed by atoms with E-state index in [-0.39, 0.29) is 27.3 Å². The number of nitrogens with zero attached hydrogens (tertiary/aromatic N) is 4. The van der Waals surface area contributed by atoms with Crippen LogP contribution in [0.4, 0.5) is 11.4 Å². The van der Waals surface area contributed by atoms with Gasteiger partial charge in [0.15, 0.2) is 6.04 Å². The predicted octanol–water partition coefficient (Wildman–Crippen LogP) is 3.47. The van der Waals surface area contributed by atoms with E-state index >= 15 is 0 Å². The monoisotopic (exact) mass is 420 g/mol. The van der Waals surface area contributed by atoms with Crippen LogP contribution < -0.4 is 9.75 Å². The molecule has 0 aliphatic carbocycles. The molecule has 1 unspecified atom stereocenters. The second-order valence-corrected chi connectivity index (χ2v) is 8.95. The highest BCUT2D eigenvalue weighted by Crippen LogP contribution is 2.34. The Morgan fingerprint density at radius 2 is 1.93 bits per heavy atom. The van der Waals surface area contributed by atoms with Crippen molar-refractivity contribution in [1.29, 1.82) is 0 Å². The molecule has 3 rings (SSSR count). The maximum Gasteiger partial charge on any atom is 0.324 e. The molecule has 2 aromatic carbocycles. The van der Waals surface area contributed by atoms with Gasteiger partial charge in [-0.25, -0.2) is 0 Å². The van der Waals surface area contributed by atoms with Crippen LogP contribution in [-0.2, 0) is 13.9 Å². The Balaban J connectivity index is 1.82. The van der Waals surface area contributed by atoms with Crippen LogP contribution in [0.25, 0.3) is 0 Å². The van der Waals surface area contributed by atoms with Gasteiger partial charge in [-0.05, 0) is 37.3 Å². The van der Waals surface area contributed by atoms with E-state index in [4.69, 9.17) is 9.29 Å². The third kappa shape index (κ3) is 4.55. The van der Waals surface area contributed by atoms with E-state index in [2.05, 4.69) is 15.3 Å². The summed E-state index contributed by atoms with van der Waals surface area (Å²) >= 11 is 0. The molecule has 1 N–H and O–H groups in total. The molecule has 0 fully saturated rings. The summed E-state index contributed by atoms with van der Waals surface area (Å²) in [6, 6.07) is 12.5. The number of carbonyl (C=O) groups excluding carboxylic acids is 1. The Morgan fingerprint density at radius 3 is 2.57 bits per heavy atom. The zero-order valence-corrected chi connectivity index (χ0v) is 16.5. The summed E-state index contributed by atoms with van der Waals surface area (Å²) in [5, 5.41) is 13.7. The number of ether oxygens (including phenoxy) is 1. The molecule has 9 nitrogen and oxygen atoms in total. The Hall–Kier alpha value is -2.76. The Labute approximate surface area is 165 Å². The molecule has 0 spiro atoms. The van der Waals surface area contributed by atoms with E-state index < -0.39 is 15.2 Å². The van der Waals surface area contributed by atoms with Gasteiger partial charge in [-0.3, -0.25) is 9.35 Å². The summed E-state index contributed by atoms with van der Waals surface area (Å²) in [5.41, 5.74) is 1.43. The maximum absolute atomic E-state index is 12.6. The maximum atomic E-state index is 12.6. The summed E-state index contributed by atoms with van der Waals surface area (Å²) in [7, 11) is -2.58. The van der Waals surface area contributed by atoms with Gasteiger partial charge in [0.2, 0.25) is 0 Å². The quantitative estimate of drug-likeness (QED) is 0.434. The molecule has 1 atom stereocenters. The molecule has 2 aromatic rings. The number of hydrogen-bond donors (Lipinski definition) is 1. The van der Waals surface area contributed by atoms with Gasteiger partial charge in [0.05, 0.1) is 18.5 Å². The van der Waals surface area contributed by atoms with Crippen LogP contribution >= 0.6 is 10.8 Å². The van der Waals surface area contributed by atoms with E-state index in [1.54, 1.807) is 31.2 Å². The zero-order chi connectivity index (χ0) is 20.3. The summed E-state index contributed by atoms with van der Waals surface area (Å²) in [5.74, 6) is -0.0812. The average Bonchev–Trinajstić information content (AvgIpc) is 2.94. The van der Waals surface area contributed by atoms with Crippen molar-refractivity contribution in [1.82, 2.24) is 0 Å². The second kappa shape index (κ2) is 8.09. The molecule has 0 saturated carbocycles. The number of methoxy groups -OCH3 is 1. The van der Waals surface area contributed by atoms with Crippen molar-refractivity contribution < 1.29 is 22.5 Å². The molecule has 28 heavy (non-hydrogen) atoms. The van der Waals surface area contributed by atoms with Crippen LogP contribution in [0, 0.1) is 0 Å². The first-order valence-corrected chi connectivity index (χ1v) is 10.8. The van der Waals surface area contributed by atoms with E-state index in [1.165, 1.54) is 30.3 Å². The van der Waals surface area contributed by atoms with Crippen molar-refractivity contribution in [3.63, 3.8) is 0 Å². The normalized spacial score (nSPS) is 17.2. The third-order valence-corrected chi connectivity index (χ3v) is 5.60. The number of rotatable bonds is 6. The van der Waals surface area contributed by atoms with Gasteiger partial charge in [-0.15, -0.1) is 0 Å². The lowest BCUT2D eigenvalue weighted by Gasteiger charge is -2.12. The first kappa shape index (κ1) is 20.0. The summed E-state index contributed by atoms with van der Waals surface area (Å²) < 4.78 is 36.1. The van der Waals surface area contributed by atoms with E-state index in [0.29, 0.717) is 17.1 Å². The van der Waals surface area contributed by atoms with E-state index in [9.17, 15) is 13.2 Å². The molecule has 1 aliphatic heterocycles. The van der Waals surface area contributed by atoms with Crippen molar-refractivity contribution in [2.75, 3.05) is 12.1 Å². The number of benzene rings is 2. The minimum Gasteiger partial charge on any atom is -0.494 e. The van der Waals surface area contributed by atoms with Gasteiger partial charge < -0.3 is 4.74 Å². The largest absolute Gasteiger partial charge is 0.494 e. The number of carbonyl (C=O) groups is 1. The number of amides is 1. The highest BCUT2D eigenvalue weighted by molar-refractivity contribution is 8.69. The Morgan fingerprint density at radius 1 is 1.21 bits per heavy atom. The average molecular weight is 420 g/mol. The lowest BCUT2D eigenvalue weighted by atomic mass is 10.2. The van der Waals surface area contributed by atoms with Gasteiger partial charge in [0, 0.05) is 15.7 Å². The second-order valence-electron chi connectivity index (χ2n) is 5.69. The topological polar surface area (TPSA) is 121 Å². The SMILES string of the molecule is COc1cc(SS(=O)(=O)O)ccc1N=NC1C(=O)N(c2ccccc2)N=C1C. The van der Waals surface area contributed by atoms with Gasteiger partial charge in [-0.1, -0.05) is 18.2 Å². The number of para-hydroxylation sites is 1. The number of anilines is 1. The molecule has 0 aromatic heterocycles. The zero-order valence-electron chi connectivity index (χ0n) is 14.9. The lowest BCUT2D eigenvalue weighted by molar-refractivity contribution is -0.117. The van der Waals surface area contributed by atoms with Crippen LogP contribution in [0.15, 0.2) is 68.8 Å². The van der Waals surface area contributed by atoms with Crippen LogP contribution in [-0.4, -0.2) is 37.7 Å². The molecular formula is C17H16N4O5S2. The molecule has 1 heterocycles. The van der Waals surface area contributed by atoms with Gasteiger partial charge in [-0.2, -0.15) is 28.8 Å². The smallest absolute Gasteiger partial charge is 0.324 e. The van der Waals surface area contributed by atoms with Crippen molar-refractivity contribution >= 4 is 42.9 Å².